The van der Waals surface area contributed by atoms with Crippen molar-refractivity contribution < 1.29 is 19.0 Å². The molecule has 0 aliphatic rings. The van der Waals surface area contributed by atoms with Crippen LogP contribution in [0.3, 0.4) is 0 Å². The number of aromatic nitrogens is 3. The molecule has 2 rings (SSSR count). The van der Waals surface area contributed by atoms with Gasteiger partial charge in [0.2, 0.25) is 0 Å². The number of hydrogen-bond donors (Lipinski definition) is 2. The third kappa shape index (κ3) is 4.48. The van der Waals surface area contributed by atoms with E-state index in [2.05, 4.69) is 10.2 Å². The van der Waals surface area contributed by atoms with Gasteiger partial charge in [0.1, 0.15) is 17.1 Å². The standard InChI is InChI=1S/C17H19FN4O3S/c1-4-25-16(24)14(10(2)19)13(23)9-26-17-21-20-15(22(17)3)11-5-7-12(18)8-6-11/h5-8,19,23H,4,9H2,1-3H3/b14-13-,19-10?. The van der Waals surface area contributed by atoms with Gasteiger partial charge < -0.3 is 19.8 Å². The van der Waals surface area contributed by atoms with Gasteiger partial charge in [-0.3, -0.25) is 0 Å². The number of thioether (sulfide) groups is 1. The number of nitrogens with one attached hydrogen (secondary N) is 1. The van der Waals surface area contributed by atoms with E-state index in [0.29, 0.717) is 16.5 Å². The number of ether oxygens (including phenoxy) is 1. The van der Waals surface area contributed by atoms with E-state index in [4.69, 9.17) is 10.1 Å². The molecule has 1 aromatic carbocycles. The first-order valence-electron chi connectivity index (χ1n) is 7.78. The smallest absolute Gasteiger partial charge is 0.343 e. The second kappa shape index (κ2) is 8.61. The van der Waals surface area contributed by atoms with Gasteiger partial charge in [0, 0.05) is 18.3 Å². The van der Waals surface area contributed by atoms with E-state index in [1.54, 1.807) is 30.7 Å². The number of nitrogens with zero attached hydrogens (tertiary/aromatic N) is 3. The molecule has 1 aromatic heterocycles. The maximum Gasteiger partial charge on any atom is 0.343 e. The third-order valence-electron chi connectivity index (χ3n) is 3.42. The van der Waals surface area contributed by atoms with E-state index in [9.17, 15) is 14.3 Å². The van der Waals surface area contributed by atoms with Gasteiger partial charge in [0.25, 0.3) is 0 Å². The number of aliphatic hydroxyl groups excluding tert-OH is 1. The van der Waals surface area contributed by atoms with Crippen molar-refractivity contribution in [3.8, 4) is 11.4 Å². The van der Waals surface area contributed by atoms with Crippen molar-refractivity contribution in [2.75, 3.05) is 12.4 Å². The Morgan fingerprint density at radius 3 is 2.58 bits per heavy atom. The lowest BCUT2D eigenvalue weighted by Gasteiger charge is -2.09. The van der Waals surface area contributed by atoms with Crippen LogP contribution in [0, 0.1) is 11.2 Å². The van der Waals surface area contributed by atoms with Gasteiger partial charge >= 0.3 is 5.97 Å². The molecule has 2 N–H and O–H groups in total. The highest BCUT2D eigenvalue weighted by molar-refractivity contribution is 7.99. The Balaban J connectivity index is 2.19. The number of aliphatic hydroxyl groups is 1. The molecule has 0 amide bonds. The van der Waals surface area contributed by atoms with Crippen LogP contribution >= 0.6 is 11.8 Å². The minimum atomic E-state index is -0.733. The number of hydrogen-bond acceptors (Lipinski definition) is 7. The van der Waals surface area contributed by atoms with Crippen molar-refractivity contribution in [3.05, 3.63) is 41.4 Å². The quantitative estimate of drug-likeness (QED) is 0.252. The van der Waals surface area contributed by atoms with Gasteiger partial charge in [-0.15, -0.1) is 10.2 Å². The Hall–Kier alpha value is -2.68. The molecule has 0 fully saturated rings. The van der Waals surface area contributed by atoms with Crippen LogP contribution in [-0.4, -0.2) is 43.9 Å². The van der Waals surface area contributed by atoms with Crippen molar-refractivity contribution in [1.82, 2.24) is 14.8 Å². The molecule has 26 heavy (non-hydrogen) atoms. The fourth-order valence-corrected chi connectivity index (χ4v) is 2.98. The predicted octanol–water partition coefficient (Wildman–Crippen LogP) is 3.13. The Bertz CT molecular complexity index is 846. The summed E-state index contributed by atoms with van der Waals surface area (Å²) in [6, 6.07) is 5.87. The summed E-state index contributed by atoms with van der Waals surface area (Å²) in [7, 11) is 1.75. The molecule has 0 bridgehead atoms. The zero-order valence-electron chi connectivity index (χ0n) is 14.6. The molecule has 0 aliphatic heterocycles. The molecule has 0 aliphatic carbocycles. The lowest BCUT2D eigenvalue weighted by atomic mass is 10.1. The second-order valence-corrected chi connectivity index (χ2v) is 6.27. The van der Waals surface area contributed by atoms with Gasteiger partial charge in [0.05, 0.1) is 12.4 Å². The van der Waals surface area contributed by atoms with Gasteiger partial charge in [0.15, 0.2) is 11.0 Å². The summed E-state index contributed by atoms with van der Waals surface area (Å²) in [4.78, 5) is 11.9. The molecular weight excluding hydrogens is 359 g/mol. The second-order valence-electron chi connectivity index (χ2n) is 5.33. The SMILES string of the molecule is CCOC(=O)/C(C(C)=N)=C(\O)CSc1nnc(-c2ccc(F)cc2)n1C. The van der Waals surface area contributed by atoms with E-state index in [0.717, 1.165) is 11.8 Å². The molecule has 0 unspecified atom stereocenters. The Morgan fingerprint density at radius 2 is 2.00 bits per heavy atom. The number of benzene rings is 1. The van der Waals surface area contributed by atoms with Gasteiger partial charge in [-0.05, 0) is 38.1 Å². The summed E-state index contributed by atoms with van der Waals surface area (Å²) in [5.74, 6) is -0.756. The minimum Gasteiger partial charge on any atom is -0.510 e. The van der Waals surface area contributed by atoms with Crippen LogP contribution in [0.1, 0.15) is 13.8 Å². The van der Waals surface area contributed by atoms with Gasteiger partial charge in [-0.25, -0.2) is 9.18 Å². The Kier molecular flexibility index (Phi) is 6.51. The van der Waals surface area contributed by atoms with Crippen LogP contribution < -0.4 is 0 Å². The zero-order valence-corrected chi connectivity index (χ0v) is 15.4. The van der Waals surface area contributed by atoms with Crippen LogP contribution in [0.15, 0.2) is 40.8 Å². The van der Waals surface area contributed by atoms with Crippen molar-refractivity contribution in [1.29, 1.82) is 5.41 Å². The lowest BCUT2D eigenvalue weighted by Crippen LogP contribution is -2.16. The topological polar surface area (TPSA) is 101 Å². The number of carbonyl (C=O) groups is 1. The van der Waals surface area contributed by atoms with Crippen LogP contribution in [0.2, 0.25) is 0 Å². The van der Waals surface area contributed by atoms with E-state index in [1.165, 1.54) is 19.1 Å². The minimum absolute atomic E-state index is 0.0275. The molecule has 0 saturated carbocycles. The summed E-state index contributed by atoms with van der Waals surface area (Å²) in [5, 5.41) is 26.5. The molecule has 0 spiro atoms. The molecule has 138 valence electrons. The average molecular weight is 378 g/mol. The predicted molar refractivity (Wildman–Crippen MR) is 96.8 cm³/mol. The van der Waals surface area contributed by atoms with Crippen LogP contribution in [-0.2, 0) is 16.6 Å². The summed E-state index contributed by atoms with van der Waals surface area (Å²) in [5.41, 5.74) is 0.474. The molecule has 9 heteroatoms. The highest BCUT2D eigenvalue weighted by Crippen LogP contribution is 2.24. The van der Waals surface area contributed by atoms with Gasteiger partial charge in [-0.1, -0.05) is 11.8 Å². The van der Waals surface area contributed by atoms with Crippen molar-refractivity contribution in [3.63, 3.8) is 0 Å². The Morgan fingerprint density at radius 1 is 1.35 bits per heavy atom. The van der Waals surface area contributed by atoms with Crippen molar-refractivity contribution in [2.24, 2.45) is 7.05 Å². The Labute approximate surface area is 154 Å². The molecule has 0 saturated heterocycles. The highest BCUT2D eigenvalue weighted by atomic mass is 32.2. The number of esters is 1. The third-order valence-corrected chi connectivity index (χ3v) is 4.45. The first-order chi connectivity index (χ1) is 12.3. The average Bonchev–Trinajstić information content (AvgIpc) is 2.94. The monoisotopic (exact) mass is 378 g/mol. The van der Waals surface area contributed by atoms with E-state index in [-0.39, 0.29) is 35.2 Å². The van der Waals surface area contributed by atoms with E-state index >= 15 is 0 Å². The van der Waals surface area contributed by atoms with Gasteiger partial charge in [-0.2, -0.15) is 0 Å². The molecule has 1 heterocycles. The fraction of sp³-hybridized carbons (Fsp3) is 0.294. The van der Waals surface area contributed by atoms with Crippen LogP contribution in [0.25, 0.3) is 11.4 Å². The van der Waals surface area contributed by atoms with E-state index < -0.39 is 5.97 Å². The molecule has 0 radical (unpaired) electrons. The van der Waals surface area contributed by atoms with Crippen molar-refractivity contribution in [2.45, 2.75) is 19.0 Å². The van der Waals surface area contributed by atoms with Crippen molar-refractivity contribution >= 4 is 23.4 Å². The zero-order chi connectivity index (χ0) is 19.3. The molecule has 0 atom stereocenters. The van der Waals surface area contributed by atoms with E-state index in [1.807, 2.05) is 0 Å². The maximum atomic E-state index is 13.0. The molecule has 7 nitrogen and oxygen atoms in total. The summed E-state index contributed by atoms with van der Waals surface area (Å²) in [6.07, 6.45) is 0. The summed E-state index contributed by atoms with van der Waals surface area (Å²) >= 11 is 1.16. The fourth-order valence-electron chi connectivity index (χ4n) is 2.19. The molecular formula is C17H19FN4O3S. The summed E-state index contributed by atoms with van der Waals surface area (Å²) in [6.45, 7) is 3.21. The largest absolute Gasteiger partial charge is 0.510 e. The normalized spacial score (nSPS) is 11.8. The highest BCUT2D eigenvalue weighted by Gasteiger charge is 2.20. The number of halogens is 1. The van der Waals surface area contributed by atoms with Crippen LogP contribution in [0.4, 0.5) is 4.39 Å². The first-order valence-corrected chi connectivity index (χ1v) is 8.76. The maximum absolute atomic E-state index is 13.0. The summed E-state index contributed by atoms with van der Waals surface area (Å²) < 4.78 is 19.6. The molecule has 2 aromatic rings. The van der Waals surface area contributed by atoms with Crippen LogP contribution in [0.5, 0.6) is 0 Å². The number of carbonyl (C=O) groups excluding carboxylic acids is 1. The number of rotatable bonds is 7. The first kappa shape index (κ1) is 19.6. The lowest BCUT2D eigenvalue weighted by molar-refractivity contribution is -0.138.